The summed E-state index contributed by atoms with van der Waals surface area (Å²) in [5.74, 6) is 0. The van der Waals surface area contributed by atoms with E-state index in [1.165, 1.54) is 61.2 Å². The second kappa shape index (κ2) is 22.2. The summed E-state index contributed by atoms with van der Waals surface area (Å²) in [7, 11) is 0. The van der Waals surface area contributed by atoms with Gasteiger partial charge in [-0.25, -0.2) is 0 Å². The lowest BCUT2D eigenvalue weighted by atomic mass is 9.90. The monoisotopic (exact) mass is 974 g/mol. The molecule has 0 unspecified atom stereocenters. The summed E-state index contributed by atoms with van der Waals surface area (Å²) in [5.41, 5.74) is 25.0. The predicted molar refractivity (Wildman–Crippen MR) is 326 cm³/mol. The molecular weight excluding hydrogens is 917 g/mol. The number of rotatable bonds is 15. The van der Waals surface area contributed by atoms with Crippen LogP contribution >= 0.6 is 0 Å². The fourth-order valence-corrected chi connectivity index (χ4v) is 10.3. The van der Waals surface area contributed by atoms with Crippen molar-refractivity contribution in [3.8, 4) is 66.8 Å². The number of hydrogen-bond acceptors (Lipinski definition) is 2. The number of aryl methyl sites for hydroxylation is 2. The van der Waals surface area contributed by atoms with E-state index in [1.807, 2.05) is 18.2 Å². The van der Waals surface area contributed by atoms with Crippen molar-refractivity contribution in [1.82, 2.24) is 0 Å². The molecule has 0 aliphatic rings. The quantitative estimate of drug-likeness (QED) is 0.0945. The first kappa shape index (κ1) is 48.5. The summed E-state index contributed by atoms with van der Waals surface area (Å²) in [5, 5.41) is 0. The first-order valence-electron chi connectivity index (χ1n) is 26.0. The van der Waals surface area contributed by atoms with Gasteiger partial charge in [0.25, 0.3) is 0 Å². The second-order valence-corrected chi connectivity index (χ2v) is 19.2. The molecule has 0 spiro atoms. The molecule has 0 fully saturated rings. The highest BCUT2D eigenvalue weighted by Gasteiger charge is 2.19. The molecule has 0 aliphatic heterocycles. The van der Waals surface area contributed by atoms with Gasteiger partial charge in [-0.15, -0.1) is 0 Å². The molecule has 0 bridgehead atoms. The van der Waals surface area contributed by atoms with Gasteiger partial charge in [0.1, 0.15) is 0 Å². The highest BCUT2D eigenvalue weighted by molar-refractivity contribution is 5.89. The Hall–Kier alpha value is -9.76. The Bertz CT molecular complexity index is 3720. The first-order valence-corrected chi connectivity index (χ1v) is 26.0. The van der Waals surface area contributed by atoms with Crippen LogP contribution in [0, 0.1) is 13.8 Å². The maximum absolute atomic E-state index is 4.07. The Morgan fingerprint density at radius 1 is 0.289 bits per heavy atom. The van der Waals surface area contributed by atoms with Gasteiger partial charge in [-0.3, -0.25) is 0 Å². The molecule has 2 heteroatoms. The molecule has 0 amide bonds. The van der Waals surface area contributed by atoms with E-state index in [0.29, 0.717) is 0 Å². The zero-order valence-corrected chi connectivity index (χ0v) is 43.0. The molecule has 2 nitrogen and oxygen atoms in total. The van der Waals surface area contributed by atoms with Crippen molar-refractivity contribution in [2.24, 2.45) is 0 Å². The van der Waals surface area contributed by atoms with Crippen molar-refractivity contribution in [2.45, 2.75) is 13.8 Å². The number of nitrogens with zero attached hydrogens (tertiary/aromatic N) is 2. The van der Waals surface area contributed by atoms with Crippen LogP contribution in [0.25, 0.3) is 72.3 Å². The van der Waals surface area contributed by atoms with Gasteiger partial charge >= 0.3 is 0 Å². The minimum Gasteiger partial charge on any atom is -0.310 e. The van der Waals surface area contributed by atoms with Crippen LogP contribution in [-0.4, -0.2) is 0 Å². The highest BCUT2D eigenvalue weighted by atomic mass is 15.1. The average molecular weight is 975 g/mol. The van der Waals surface area contributed by atoms with Crippen molar-refractivity contribution in [2.75, 3.05) is 9.80 Å². The molecule has 0 atom stereocenters. The van der Waals surface area contributed by atoms with Crippen LogP contribution < -0.4 is 9.80 Å². The molecule has 0 radical (unpaired) electrons. The van der Waals surface area contributed by atoms with E-state index in [0.717, 1.165) is 62.0 Å². The number of benzene rings is 11. The van der Waals surface area contributed by atoms with E-state index in [4.69, 9.17) is 0 Å². The number of anilines is 6. The predicted octanol–water partition coefficient (Wildman–Crippen LogP) is 21.0. The van der Waals surface area contributed by atoms with Gasteiger partial charge in [-0.2, -0.15) is 0 Å². The Balaban J connectivity index is 1.01. The third-order valence-electron chi connectivity index (χ3n) is 14.3. The fourth-order valence-electron chi connectivity index (χ4n) is 10.3. The summed E-state index contributed by atoms with van der Waals surface area (Å²) in [4.78, 5) is 4.72. The van der Waals surface area contributed by atoms with Crippen LogP contribution in [0.15, 0.2) is 304 Å². The topological polar surface area (TPSA) is 6.48 Å². The van der Waals surface area contributed by atoms with Crippen LogP contribution in [0.5, 0.6) is 0 Å². The Kier molecular flexibility index (Phi) is 14.1. The molecule has 0 heterocycles. The van der Waals surface area contributed by atoms with Gasteiger partial charge in [-0.05, 0) is 194 Å². The summed E-state index contributed by atoms with van der Waals surface area (Å²) in [6.45, 7) is 12.5. The molecule has 0 N–H and O–H groups in total. The van der Waals surface area contributed by atoms with E-state index in [1.54, 1.807) is 0 Å². The highest BCUT2D eigenvalue weighted by Crippen LogP contribution is 2.43. The van der Waals surface area contributed by atoms with Crippen LogP contribution in [0.2, 0.25) is 0 Å². The number of allylic oxidation sites excluding steroid dienone is 4. The lowest BCUT2D eigenvalue weighted by Gasteiger charge is -2.27. The van der Waals surface area contributed by atoms with Crippen LogP contribution in [0.3, 0.4) is 0 Å². The summed E-state index contributed by atoms with van der Waals surface area (Å²) in [6, 6.07) is 98.8. The fraction of sp³-hybridized carbons (Fsp3) is 0.0270. The molecular formula is C74H58N2. The minimum atomic E-state index is 1.02. The van der Waals surface area contributed by atoms with Gasteiger partial charge in [0.05, 0.1) is 0 Å². The van der Waals surface area contributed by atoms with E-state index >= 15 is 0 Å². The van der Waals surface area contributed by atoms with E-state index in [-0.39, 0.29) is 0 Å². The molecule has 11 rings (SSSR count). The van der Waals surface area contributed by atoms with Crippen molar-refractivity contribution in [3.63, 3.8) is 0 Å². The van der Waals surface area contributed by atoms with Gasteiger partial charge in [-0.1, -0.05) is 213 Å². The van der Waals surface area contributed by atoms with Crippen LogP contribution in [0.1, 0.15) is 16.7 Å². The first-order chi connectivity index (χ1) is 37.4. The molecule has 76 heavy (non-hydrogen) atoms. The third kappa shape index (κ3) is 10.4. The Morgan fingerprint density at radius 3 is 1.04 bits per heavy atom. The summed E-state index contributed by atoms with van der Waals surface area (Å²) >= 11 is 0. The standard InChI is InChI=1S/C74H58N2/c1-5-19-55(6-2)60-29-38-69(39-30-60)76(70-44-35-63(36-45-70)58-24-15-9-16-25-58)72-37-28-53(3)74(52-72)66-50-64(59-26-17-10-18-27-59)49-65(51-66)73-47-46-71(48-54(73)4)75(67-40-31-61(32-41-67)56-20-11-7-12-21-56)68-42-33-62(34-43-68)57-22-13-8-14-23-57/h5-52H,1-2H2,3-4H3/b55-19+. The van der Waals surface area contributed by atoms with Crippen molar-refractivity contribution < 1.29 is 0 Å². The van der Waals surface area contributed by atoms with Gasteiger partial charge in [0.15, 0.2) is 0 Å². The maximum atomic E-state index is 4.07. The van der Waals surface area contributed by atoms with E-state index in [2.05, 4.69) is 310 Å². The largest absolute Gasteiger partial charge is 0.310 e. The van der Waals surface area contributed by atoms with Crippen molar-refractivity contribution >= 4 is 39.7 Å². The molecule has 0 aromatic heterocycles. The normalized spacial score (nSPS) is 11.2. The van der Waals surface area contributed by atoms with Gasteiger partial charge in [0.2, 0.25) is 0 Å². The summed E-state index contributed by atoms with van der Waals surface area (Å²) < 4.78 is 0. The van der Waals surface area contributed by atoms with Crippen molar-refractivity contribution in [1.29, 1.82) is 0 Å². The molecule has 0 saturated carbocycles. The zero-order chi connectivity index (χ0) is 51.8. The van der Waals surface area contributed by atoms with Crippen LogP contribution in [-0.2, 0) is 0 Å². The summed E-state index contributed by atoms with van der Waals surface area (Å²) in [6.07, 6.45) is 5.68. The van der Waals surface area contributed by atoms with Crippen LogP contribution in [0.4, 0.5) is 34.1 Å². The zero-order valence-electron chi connectivity index (χ0n) is 43.0. The Morgan fingerprint density at radius 2 is 0.632 bits per heavy atom. The van der Waals surface area contributed by atoms with E-state index < -0.39 is 0 Å². The van der Waals surface area contributed by atoms with E-state index in [9.17, 15) is 0 Å². The molecule has 11 aromatic carbocycles. The number of hydrogen-bond donors (Lipinski definition) is 0. The van der Waals surface area contributed by atoms with Gasteiger partial charge in [0, 0.05) is 34.1 Å². The second-order valence-electron chi connectivity index (χ2n) is 19.2. The van der Waals surface area contributed by atoms with Gasteiger partial charge < -0.3 is 9.80 Å². The molecule has 0 saturated heterocycles. The van der Waals surface area contributed by atoms with Crippen molar-refractivity contribution in [3.05, 3.63) is 321 Å². The molecule has 11 aromatic rings. The SMILES string of the molecule is C=C/C=C(\C=C)c1ccc(N(c2ccc(-c3ccccc3)cc2)c2ccc(C)c(-c3cc(-c4ccccc4)cc(-c4ccc(N(c5ccc(-c6ccccc6)cc5)c5ccc(-c6ccccc6)cc5)cc4C)c3)c2)cc1. The lowest BCUT2D eigenvalue weighted by molar-refractivity contribution is 1.27. The lowest BCUT2D eigenvalue weighted by Crippen LogP contribution is -2.10. The third-order valence-corrected chi connectivity index (χ3v) is 14.3. The minimum absolute atomic E-state index is 1.02. The maximum Gasteiger partial charge on any atom is 0.0467 e. The molecule has 0 aliphatic carbocycles. The molecule has 364 valence electrons. The Labute approximate surface area is 448 Å². The average Bonchev–Trinajstić information content (AvgIpc) is 3.49. The smallest absolute Gasteiger partial charge is 0.0467 e.